The molecule has 0 bridgehead atoms. The molecule has 1 aromatic rings. The van der Waals surface area contributed by atoms with Crippen molar-refractivity contribution < 1.29 is 0 Å². The van der Waals surface area contributed by atoms with Crippen molar-refractivity contribution in [3.05, 3.63) is 35.4 Å². The second kappa shape index (κ2) is 6.35. The van der Waals surface area contributed by atoms with Gasteiger partial charge < -0.3 is 10.6 Å². The summed E-state index contributed by atoms with van der Waals surface area (Å²) in [4.78, 5) is 2.21. The van der Waals surface area contributed by atoms with Gasteiger partial charge in [-0.3, -0.25) is 0 Å². The average Bonchev–Trinajstić information content (AvgIpc) is 2.29. The maximum atomic E-state index is 5.90. The Bertz CT molecular complexity index is 346. The molecule has 1 rings (SSSR count). The minimum atomic E-state index is 0.223. The largest absolute Gasteiger partial charge is 0.330 e. The smallest absolute Gasteiger partial charge is 0.000776 e. The first-order chi connectivity index (χ1) is 8.34. The fourth-order valence-electron chi connectivity index (χ4n) is 2.09. The third kappa shape index (κ3) is 4.43. The quantitative estimate of drug-likeness (QED) is 0.868. The van der Waals surface area contributed by atoms with Crippen LogP contribution in [0.4, 0.5) is 0 Å². The molecule has 102 valence electrons. The van der Waals surface area contributed by atoms with Gasteiger partial charge in [-0.2, -0.15) is 0 Å². The normalized spacial score (nSPS) is 13.9. The molecule has 0 heterocycles. The molecule has 0 saturated heterocycles. The van der Waals surface area contributed by atoms with Crippen LogP contribution < -0.4 is 5.73 Å². The van der Waals surface area contributed by atoms with Crippen LogP contribution in [0, 0.1) is 0 Å². The van der Waals surface area contributed by atoms with Gasteiger partial charge in [0.15, 0.2) is 0 Å². The summed E-state index contributed by atoms with van der Waals surface area (Å²) in [7, 11) is 4.21. The number of nitrogens with two attached hydrogens (primary N) is 1. The van der Waals surface area contributed by atoms with Gasteiger partial charge in [-0.25, -0.2) is 0 Å². The van der Waals surface area contributed by atoms with Gasteiger partial charge in [-0.05, 0) is 56.1 Å². The molecule has 0 spiro atoms. The molecule has 1 aromatic carbocycles. The second-order valence-electron chi connectivity index (χ2n) is 6.40. The van der Waals surface area contributed by atoms with Crippen molar-refractivity contribution in [2.24, 2.45) is 5.73 Å². The predicted octanol–water partition coefficient (Wildman–Crippen LogP) is 2.98. The highest BCUT2D eigenvalue weighted by Crippen LogP contribution is 2.25. The molecule has 1 atom stereocenters. The molecule has 2 heteroatoms. The number of nitrogens with zero attached hydrogens (tertiary/aromatic N) is 1. The molecule has 1 unspecified atom stereocenters. The van der Waals surface area contributed by atoms with Crippen molar-refractivity contribution in [2.45, 2.75) is 38.5 Å². The third-order valence-corrected chi connectivity index (χ3v) is 3.46. The van der Waals surface area contributed by atoms with E-state index in [2.05, 4.69) is 64.0 Å². The third-order valence-electron chi connectivity index (χ3n) is 3.46. The Morgan fingerprint density at radius 2 is 1.67 bits per heavy atom. The van der Waals surface area contributed by atoms with E-state index in [9.17, 15) is 0 Å². The van der Waals surface area contributed by atoms with Crippen LogP contribution in [-0.4, -0.2) is 32.1 Å². The van der Waals surface area contributed by atoms with Gasteiger partial charge >= 0.3 is 0 Å². The van der Waals surface area contributed by atoms with Crippen LogP contribution in [0.2, 0.25) is 0 Å². The SMILES string of the molecule is CN(C)CCC(CN)c1ccc(C(C)(C)C)cc1. The summed E-state index contributed by atoms with van der Waals surface area (Å²) in [6.07, 6.45) is 1.12. The summed E-state index contributed by atoms with van der Waals surface area (Å²) in [5.41, 5.74) is 8.87. The molecular formula is C16H28N2. The molecule has 2 nitrogen and oxygen atoms in total. The van der Waals surface area contributed by atoms with E-state index in [1.807, 2.05) is 0 Å². The zero-order valence-electron chi connectivity index (χ0n) is 12.5. The fraction of sp³-hybridized carbons (Fsp3) is 0.625. The lowest BCUT2D eigenvalue weighted by molar-refractivity contribution is 0.382. The summed E-state index contributed by atoms with van der Waals surface area (Å²) in [5.74, 6) is 0.474. The average molecular weight is 248 g/mol. The highest BCUT2D eigenvalue weighted by molar-refractivity contribution is 5.29. The summed E-state index contributed by atoms with van der Waals surface area (Å²) in [6.45, 7) is 8.54. The van der Waals surface area contributed by atoms with Gasteiger partial charge in [0.05, 0.1) is 0 Å². The van der Waals surface area contributed by atoms with Crippen molar-refractivity contribution in [2.75, 3.05) is 27.2 Å². The van der Waals surface area contributed by atoms with Gasteiger partial charge in [0.2, 0.25) is 0 Å². The van der Waals surface area contributed by atoms with Crippen molar-refractivity contribution in [1.82, 2.24) is 4.90 Å². The maximum absolute atomic E-state index is 5.90. The minimum absolute atomic E-state index is 0.223. The molecule has 2 N–H and O–H groups in total. The Hall–Kier alpha value is -0.860. The first-order valence-corrected chi connectivity index (χ1v) is 6.80. The van der Waals surface area contributed by atoms with Crippen molar-refractivity contribution in [1.29, 1.82) is 0 Å². The Labute approximate surface area is 112 Å². The first-order valence-electron chi connectivity index (χ1n) is 6.80. The van der Waals surface area contributed by atoms with E-state index in [1.165, 1.54) is 11.1 Å². The zero-order valence-corrected chi connectivity index (χ0v) is 12.5. The molecule has 0 aliphatic rings. The summed E-state index contributed by atoms with van der Waals surface area (Å²) < 4.78 is 0. The molecule has 0 aromatic heterocycles. The molecule has 18 heavy (non-hydrogen) atoms. The van der Waals surface area contributed by atoms with E-state index in [0.29, 0.717) is 5.92 Å². The first kappa shape index (κ1) is 15.2. The van der Waals surface area contributed by atoms with Crippen molar-refractivity contribution in [3.8, 4) is 0 Å². The molecule has 0 aliphatic heterocycles. The van der Waals surface area contributed by atoms with Crippen molar-refractivity contribution in [3.63, 3.8) is 0 Å². The lowest BCUT2D eigenvalue weighted by Gasteiger charge is -2.22. The Balaban J connectivity index is 2.76. The zero-order chi connectivity index (χ0) is 13.8. The minimum Gasteiger partial charge on any atom is -0.330 e. The number of rotatable bonds is 5. The topological polar surface area (TPSA) is 29.3 Å². The number of benzene rings is 1. The van der Waals surface area contributed by atoms with Gasteiger partial charge in [-0.1, -0.05) is 45.0 Å². The highest BCUT2D eigenvalue weighted by atomic mass is 15.0. The maximum Gasteiger partial charge on any atom is -0.000776 e. The van der Waals surface area contributed by atoms with Crippen molar-refractivity contribution >= 4 is 0 Å². The van der Waals surface area contributed by atoms with E-state index in [4.69, 9.17) is 5.73 Å². The van der Waals surface area contributed by atoms with Crippen LogP contribution in [0.1, 0.15) is 44.2 Å². The number of hydrogen-bond acceptors (Lipinski definition) is 2. The predicted molar refractivity (Wildman–Crippen MR) is 80.1 cm³/mol. The van der Waals surface area contributed by atoms with Crippen LogP contribution in [0.25, 0.3) is 0 Å². The Morgan fingerprint density at radius 3 is 2.06 bits per heavy atom. The van der Waals surface area contributed by atoms with Crippen LogP contribution >= 0.6 is 0 Å². The number of hydrogen-bond donors (Lipinski definition) is 1. The van der Waals surface area contributed by atoms with Crippen LogP contribution in [0.3, 0.4) is 0 Å². The lowest BCUT2D eigenvalue weighted by Crippen LogP contribution is -2.20. The van der Waals surface area contributed by atoms with Gasteiger partial charge in [0.25, 0.3) is 0 Å². The van der Waals surface area contributed by atoms with E-state index in [1.54, 1.807) is 0 Å². The van der Waals surface area contributed by atoms with E-state index >= 15 is 0 Å². The van der Waals surface area contributed by atoms with E-state index < -0.39 is 0 Å². The molecule has 0 amide bonds. The van der Waals surface area contributed by atoms with Crippen LogP contribution in [0.5, 0.6) is 0 Å². The molecule has 0 aliphatic carbocycles. The van der Waals surface area contributed by atoms with Crippen LogP contribution in [-0.2, 0) is 5.41 Å². The van der Waals surface area contributed by atoms with E-state index in [-0.39, 0.29) is 5.41 Å². The second-order valence-corrected chi connectivity index (χ2v) is 6.40. The fourth-order valence-corrected chi connectivity index (χ4v) is 2.09. The highest BCUT2D eigenvalue weighted by Gasteiger charge is 2.15. The van der Waals surface area contributed by atoms with E-state index in [0.717, 1.165) is 19.5 Å². The Kier molecular flexibility index (Phi) is 5.36. The standard InChI is InChI=1S/C16H28N2/c1-16(2,3)15-8-6-13(7-9-15)14(12-17)10-11-18(4)5/h6-9,14H,10-12,17H2,1-5H3. The Morgan fingerprint density at radius 1 is 1.11 bits per heavy atom. The molecule has 0 fully saturated rings. The lowest BCUT2D eigenvalue weighted by atomic mass is 9.85. The van der Waals surface area contributed by atoms with Gasteiger partial charge in [0.1, 0.15) is 0 Å². The molecular weight excluding hydrogens is 220 g/mol. The summed E-state index contributed by atoms with van der Waals surface area (Å²) in [5, 5.41) is 0. The van der Waals surface area contributed by atoms with Gasteiger partial charge in [-0.15, -0.1) is 0 Å². The monoisotopic (exact) mass is 248 g/mol. The molecule has 0 radical (unpaired) electrons. The van der Waals surface area contributed by atoms with Crippen LogP contribution in [0.15, 0.2) is 24.3 Å². The summed E-state index contributed by atoms with van der Waals surface area (Å²) in [6, 6.07) is 8.98. The summed E-state index contributed by atoms with van der Waals surface area (Å²) >= 11 is 0. The molecule has 0 saturated carbocycles. The van der Waals surface area contributed by atoms with Gasteiger partial charge in [0, 0.05) is 0 Å².